The van der Waals surface area contributed by atoms with Crippen molar-refractivity contribution in [2.45, 2.75) is 0 Å². The highest BCUT2D eigenvalue weighted by Crippen LogP contribution is 2.20. The van der Waals surface area contributed by atoms with Crippen molar-refractivity contribution in [2.75, 3.05) is 11.1 Å². The van der Waals surface area contributed by atoms with Crippen LogP contribution in [0.15, 0.2) is 36.4 Å². The molecule has 2 aromatic carbocycles. The predicted molar refractivity (Wildman–Crippen MR) is 69.9 cm³/mol. The second-order valence-corrected chi connectivity index (χ2v) is 3.96. The number of para-hydroxylation sites is 1. The van der Waals surface area contributed by atoms with E-state index < -0.39 is 17.5 Å². The van der Waals surface area contributed by atoms with E-state index in [9.17, 15) is 13.6 Å². The molecule has 100 valence electrons. The second kappa shape index (κ2) is 5.36. The first kappa shape index (κ1) is 13.5. The molecule has 6 heteroatoms. The maximum absolute atomic E-state index is 13.6. The number of nitriles is 1. The molecule has 4 nitrogen and oxygen atoms in total. The van der Waals surface area contributed by atoms with Crippen LogP contribution < -0.4 is 11.1 Å². The van der Waals surface area contributed by atoms with Crippen molar-refractivity contribution in [2.24, 2.45) is 0 Å². The van der Waals surface area contributed by atoms with Gasteiger partial charge in [-0.25, -0.2) is 8.78 Å². The van der Waals surface area contributed by atoms with E-state index in [1.165, 1.54) is 24.3 Å². The third kappa shape index (κ3) is 2.57. The minimum atomic E-state index is -0.757. The Kier molecular flexibility index (Phi) is 3.62. The highest BCUT2D eigenvalue weighted by Gasteiger charge is 2.14. The summed E-state index contributed by atoms with van der Waals surface area (Å²) < 4.78 is 26.9. The Morgan fingerprint density at radius 2 is 1.95 bits per heavy atom. The van der Waals surface area contributed by atoms with Crippen LogP contribution in [0, 0.1) is 23.0 Å². The van der Waals surface area contributed by atoms with E-state index in [4.69, 9.17) is 11.0 Å². The lowest BCUT2D eigenvalue weighted by Crippen LogP contribution is -2.15. The number of nitrogens with two attached hydrogens (primary N) is 1. The van der Waals surface area contributed by atoms with Gasteiger partial charge in [-0.2, -0.15) is 5.26 Å². The summed E-state index contributed by atoms with van der Waals surface area (Å²) in [4.78, 5) is 11.9. The lowest BCUT2D eigenvalue weighted by atomic mass is 10.1. The predicted octanol–water partition coefficient (Wildman–Crippen LogP) is 2.67. The number of nitrogens with one attached hydrogen (secondary N) is 1. The Hall–Kier alpha value is -2.94. The van der Waals surface area contributed by atoms with Gasteiger partial charge in [-0.3, -0.25) is 4.79 Å². The molecule has 0 bridgehead atoms. The van der Waals surface area contributed by atoms with Crippen molar-refractivity contribution < 1.29 is 13.6 Å². The van der Waals surface area contributed by atoms with E-state index >= 15 is 0 Å². The van der Waals surface area contributed by atoms with Crippen LogP contribution in [-0.4, -0.2) is 5.91 Å². The summed E-state index contributed by atoms with van der Waals surface area (Å²) in [6, 6.07) is 9.15. The first-order valence-corrected chi connectivity index (χ1v) is 5.58. The SMILES string of the molecule is N#Cc1ccc(NC(=O)c2cccc(F)c2N)c(F)c1. The summed E-state index contributed by atoms with van der Waals surface area (Å²) in [6.45, 7) is 0. The van der Waals surface area contributed by atoms with Gasteiger partial charge in [0.25, 0.3) is 5.91 Å². The number of anilines is 2. The third-order valence-electron chi connectivity index (χ3n) is 2.64. The Balaban J connectivity index is 2.29. The maximum Gasteiger partial charge on any atom is 0.257 e. The minimum absolute atomic E-state index is 0.0891. The molecule has 0 saturated heterocycles. The van der Waals surface area contributed by atoms with Gasteiger partial charge >= 0.3 is 0 Å². The number of hydrogen-bond acceptors (Lipinski definition) is 3. The molecule has 0 aliphatic carbocycles. The molecule has 0 aliphatic rings. The van der Waals surface area contributed by atoms with Crippen molar-refractivity contribution in [3.63, 3.8) is 0 Å². The van der Waals surface area contributed by atoms with E-state index in [-0.39, 0.29) is 22.5 Å². The monoisotopic (exact) mass is 273 g/mol. The number of nitrogen functional groups attached to an aromatic ring is 1. The van der Waals surface area contributed by atoms with Crippen molar-refractivity contribution in [1.29, 1.82) is 5.26 Å². The third-order valence-corrected chi connectivity index (χ3v) is 2.64. The standard InChI is InChI=1S/C14H9F2N3O/c15-10-3-1-2-9(13(10)18)14(20)19-12-5-4-8(7-17)6-11(12)16/h1-6H,18H2,(H,19,20). The minimum Gasteiger partial charge on any atom is -0.396 e. The van der Waals surface area contributed by atoms with Crippen LogP contribution in [0.4, 0.5) is 20.2 Å². The zero-order valence-electron chi connectivity index (χ0n) is 10.2. The highest BCUT2D eigenvalue weighted by atomic mass is 19.1. The summed E-state index contributed by atoms with van der Waals surface area (Å²) in [5.74, 6) is -2.21. The molecule has 0 aromatic heterocycles. The zero-order chi connectivity index (χ0) is 14.7. The zero-order valence-corrected chi connectivity index (χ0v) is 10.2. The average molecular weight is 273 g/mol. The molecule has 1 amide bonds. The summed E-state index contributed by atoms with van der Waals surface area (Å²) in [7, 11) is 0. The van der Waals surface area contributed by atoms with Gasteiger partial charge in [-0.15, -0.1) is 0 Å². The van der Waals surface area contributed by atoms with Crippen LogP contribution in [0.3, 0.4) is 0 Å². The van der Waals surface area contributed by atoms with Crippen LogP contribution in [0.1, 0.15) is 15.9 Å². The normalized spacial score (nSPS) is 9.85. The summed E-state index contributed by atoms with van der Waals surface area (Å²) in [5.41, 5.74) is 5.07. The Labute approximate surface area is 113 Å². The smallest absolute Gasteiger partial charge is 0.257 e. The van der Waals surface area contributed by atoms with Gasteiger partial charge in [0.05, 0.1) is 28.6 Å². The Morgan fingerprint density at radius 3 is 2.60 bits per heavy atom. The van der Waals surface area contributed by atoms with Gasteiger partial charge in [-0.05, 0) is 30.3 Å². The van der Waals surface area contributed by atoms with Gasteiger partial charge < -0.3 is 11.1 Å². The van der Waals surface area contributed by atoms with Crippen LogP contribution in [-0.2, 0) is 0 Å². The molecular formula is C14H9F2N3O. The van der Waals surface area contributed by atoms with E-state index in [0.29, 0.717) is 0 Å². The van der Waals surface area contributed by atoms with E-state index in [1.807, 2.05) is 0 Å². The number of hydrogen-bond donors (Lipinski definition) is 2. The molecule has 0 heterocycles. The number of rotatable bonds is 2. The number of halogens is 2. The molecule has 0 unspecified atom stereocenters. The molecule has 0 aliphatic heterocycles. The average Bonchev–Trinajstić information content (AvgIpc) is 2.44. The molecule has 2 rings (SSSR count). The number of nitrogens with zero attached hydrogens (tertiary/aromatic N) is 1. The van der Waals surface area contributed by atoms with Gasteiger partial charge in [0.15, 0.2) is 0 Å². The topological polar surface area (TPSA) is 78.9 Å². The van der Waals surface area contributed by atoms with E-state index in [2.05, 4.69) is 5.32 Å². The fourth-order valence-corrected chi connectivity index (χ4v) is 1.61. The van der Waals surface area contributed by atoms with Crippen LogP contribution in [0.2, 0.25) is 0 Å². The van der Waals surface area contributed by atoms with Crippen LogP contribution in [0.5, 0.6) is 0 Å². The van der Waals surface area contributed by atoms with Gasteiger partial charge in [-0.1, -0.05) is 6.07 Å². The molecule has 0 fully saturated rings. The molecule has 2 aromatic rings. The molecule has 0 spiro atoms. The number of amides is 1. The first-order chi connectivity index (χ1) is 9.52. The van der Waals surface area contributed by atoms with Crippen molar-refractivity contribution >= 4 is 17.3 Å². The molecule has 0 saturated carbocycles. The highest BCUT2D eigenvalue weighted by molar-refractivity contribution is 6.07. The van der Waals surface area contributed by atoms with Crippen LogP contribution in [0.25, 0.3) is 0 Å². The quantitative estimate of drug-likeness (QED) is 0.825. The summed E-state index contributed by atoms with van der Waals surface area (Å²) in [6.07, 6.45) is 0. The molecule has 3 N–H and O–H groups in total. The maximum atomic E-state index is 13.6. The molecular weight excluding hydrogens is 264 g/mol. The van der Waals surface area contributed by atoms with Gasteiger partial charge in [0.2, 0.25) is 0 Å². The number of carbonyl (C=O) groups excluding carboxylic acids is 1. The fraction of sp³-hybridized carbons (Fsp3) is 0. The summed E-state index contributed by atoms with van der Waals surface area (Å²) >= 11 is 0. The largest absolute Gasteiger partial charge is 0.396 e. The Bertz CT molecular complexity index is 723. The van der Waals surface area contributed by atoms with Crippen molar-refractivity contribution in [3.8, 4) is 6.07 Å². The van der Waals surface area contributed by atoms with E-state index in [0.717, 1.165) is 12.1 Å². The molecule has 20 heavy (non-hydrogen) atoms. The van der Waals surface area contributed by atoms with Gasteiger partial charge in [0, 0.05) is 0 Å². The number of carbonyl (C=O) groups is 1. The van der Waals surface area contributed by atoms with E-state index in [1.54, 1.807) is 6.07 Å². The van der Waals surface area contributed by atoms with Crippen molar-refractivity contribution in [3.05, 3.63) is 59.2 Å². The Morgan fingerprint density at radius 1 is 1.20 bits per heavy atom. The second-order valence-electron chi connectivity index (χ2n) is 3.96. The lowest BCUT2D eigenvalue weighted by Gasteiger charge is -2.09. The first-order valence-electron chi connectivity index (χ1n) is 5.58. The van der Waals surface area contributed by atoms with Crippen LogP contribution >= 0.6 is 0 Å². The molecule has 0 atom stereocenters. The summed E-state index contributed by atoms with van der Waals surface area (Å²) in [5, 5.41) is 10.9. The molecule has 0 radical (unpaired) electrons. The van der Waals surface area contributed by atoms with Crippen molar-refractivity contribution in [1.82, 2.24) is 0 Å². The number of benzene rings is 2. The lowest BCUT2D eigenvalue weighted by molar-refractivity contribution is 0.102. The fourth-order valence-electron chi connectivity index (χ4n) is 1.61. The van der Waals surface area contributed by atoms with Gasteiger partial charge in [0.1, 0.15) is 11.6 Å².